The molecule has 158 valence electrons. The fraction of sp³-hybridized carbons (Fsp3) is 0.857. The molecular formula is C21H36F3NO2. The number of carbonyl (C=O) groups is 1. The molecule has 0 N–H and O–H groups in total. The van der Waals surface area contributed by atoms with Gasteiger partial charge in [-0.3, -0.25) is 4.90 Å². The average molecular weight is 392 g/mol. The lowest BCUT2D eigenvalue weighted by Crippen LogP contribution is -2.37. The van der Waals surface area contributed by atoms with Crippen molar-refractivity contribution in [1.82, 2.24) is 4.90 Å². The van der Waals surface area contributed by atoms with E-state index >= 15 is 0 Å². The van der Waals surface area contributed by atoms with Gasteiger partial charge >= 0.3 is 12.3 Å². The van der Waals surface area contributed by atoms with Gasteiger partial charge < -0.3 is 4.74 Å². The van der Waals surface area contributed by atoms with Crippen LogP contribution in [0.1, 0.15) is 91.9 Å². The molecule has 0 aromatic rings. The van der Waals surface area contributed by atoms with E-state index in [4.69, 9.17) is 4.74 Å². The Hall–Kier alpha value is -1.38. The first-order chi connectivity index (χ1) is 12.5. The summed E-state index contributed by atoms with van der Waals surface area (Å²) in [7, 11) is 0. The van der Waals surface area contributed by atoms with E-state index in [-0.39, 0.29) is 6.54 Å². The molecule has 0 aliphatic rings. The van der Waals surface area contributed by atoms with Crippen LogP contribution in [0.2, 0.25) is 0 Å². The van der Waals surface area contributed by atoms with Gasteiger partial charge in [0.1, 0.15) is 5.60 Å². The van der Waals surface area contributed by atoms with Gasteiger partial charge in [0.25, 0.3) is 0 Å². The monoisotopic (exact) mass is 391 g/mol. The predicted molar refractivity (Wildman–Crippen MR) is 103 cm³/mol. The molecule has 0 fully saturated rings. The van der Waals surface area contributed by atoms with Crippen molar-refractivity contribution in [3.05, 3.63) is 0 Å². The third-order valence-electron chi connectivity index (χ3n) is 3.93. The van der Waals surface area contributed by atoms with Crippen LogP contribution in [0.3, 0.4) is 0 Å². The van der Waals surface area contributed by atoms with E-state index < -0.39 is 17.9 Å². The van der Waals surface area contributed by atoms with Gasteiger partial charge in [0.05, 0.1) is 6.54 Å². The summed E-state index contributed by atoms with van der Waals surface area (Å²) in [5.74, 6) is 3.24. The summed E-state index contributed by atoms with van der Waals surface area (Å²) in [5, 5.41) is 0. The molecule has 1 amide bonds. The lowest BCUT2D eigenvalue weighted by atomic mass is 10.1. The number of unbranched alkanes of at least 4 members (excludes halogenated alkanes) is 9. The first kappa shape index (κ1) is 25.6. The molecule has 0 saturated carbocycles. The SMILES string of the molecule is CCCCCCCCCCCCN(CC#CC(F)(F)F)C(=O)OC(C)(C)C. The van der Waals surface area contributed by atoms with Crippen molar-refractivity contribution in [2.75, 3.05) is 13.1 Å². The molecule has 0 aliphatic heterocycles. The fourth-order valence-corrected chi connectivity index (χ4v) is 2.59. The van der Waals surface area contributed by atoms with Crippen LogP contribution < -0.4 is 0 Å². The second-order valence-electron chi connectivity index (χ2n) is 7.88. The Bertz CT molecular complexity index is 459. The summed E-state index contributed by atoms with van der Waals surface area (Å²) in [6.45, 7) is 7.47. The number of amides is 1. The van der Waals surface area contributed by atoms with Crippen molar-refractivity contribution >= 4 is 6.09 Å². The molecule has 6 heteroatoms. The Morgan fingerprint density at radius 1 is 0.889 bits per heavy atom. The Balaban J connectivity index is 4.20. The van der Waals surface area contributed by atoms with Crippen LogP contribution in [-0.2, 0) is 4.74 Å². The van der Waals surface area contributed by atoms with E-state index in [1.54, 1.807) is 20.8 Å². The van der Waals surface area contributed by atoms with Crippen LogP contribution in [0.15, 0.2) is 0 Å². The van der Waals surface area contributed by atoms with Crippen LogP contribution in [0.5, 0.6) is 0 Å². The zero-order chi connectivity index (χ0) is 20.8. The molecule has 0 radical (unpaired) electrons. The lowest BCUT2D eigenvalue weighted by Gasteiger charge is -2.26. The summed E-state index contributed by atoms with van der Waals surface area (Å²) >= 11 is 0. The number of ether oxygens (including phenoxy) is 1. The van der Waals surface area contributed by atoms with Gasteiger partial charge in [-0.05, 0) is 27.2 Å². The van der Waals surface area contributed by atoms with E-state index in [2.05, 4.69) is 6.92 Å². The molecule has 0 spiro atoms. The molecule has 0 saturated heterocycles. The Morgan fingerprint density at radius 2 is 1.37 bits per heavy atom. The van der Waals surface area contributed by atoms with E-state index in [1.165, 1.54) is 49.3 Å². The number of halogens is 3. The molecule has 0 aromatic carbocycles. The summed E-state index contributed by atoms with van der Waals surface area (Å²) in [4.78, 5) is 13.4. The molecule has 0 aliphatic carbocycles. The molecule has 0 aromatic heterocycles. The van der Waals surface area contributed by atoms with Gasteiger partial charge in [0.15, 0.2) is 0 Å². The first-order valence-electron chi connectivity index (χ1n) is 10.1. The van der Waals surface area contributed by atoms with Crippen molar-refractivity contribution in [3.8, 4) is 11.8 Å². The number of nitrogens with zero attached hydrogens (tertiary/aromatic N) is 1. The summed E-state index contributed by atoms with van der Waals surface area (Å²) < 4.78 is 41.8. The van der Waals surface area contributed by atoms with E-state index in [1.807, 2.05) is 5.92 Å². The highest BCUT2D eigenvalue weighted by atomic mass is 19.4. The van der Waals surface area contributed by atoms with Gasteiger partial charge in [-0.15, -0.1) is 0 Å². The molecular weight excluding hydrogens is 355 g/mol. The molecule has 0 heterocycles. The highest BCUT2D eigenvalue weighted by Crippen LogP contribution is 2.14. The zero-order valence-corrected chi connectivity index (χ0v) is 17.4. The number of hydrogen-bond donors (Lipinski definition) is 0. The Kier molecular flexibility index (Phi) is 13.0. The van der Waals surface area contributed by atoms with Crippen molar-refractivity contribution in [1.29, 1.82) is 0 Å². The van der Waals surface area contributed by atoms with E-state index in [0.29, 0.717) is 6.54 Å². The lowest BCUT2D eigenvalue weighted by molar-refractivity contribution is -0.0698. The molecule has 0 bridgehead atoms. The third kappa shape index (κ3) is 17.8. The van der Waals surface area contributed by atoms with Crippen molar-refractivity contribution in [2.45, 2.75) is 104 Å². The van der Waals surface area contributed by atoms with Gasteiger partial charge in [0.2, 0.25) is 0 Å². The van der Waals surface area contributed by atoms with Crippen molar-refractivity contribution in [3.63, 3.8) is 0 Å². The number of alkyl halides is 3. The highest BCUT2D eigenvalue weighted by Gasteiger charge is 2.24. The van der Waals surface area contributed by atoms with Crippen LogP contribution in [0, 0.1) is 11.8 Å². The molecule has 0 rings (SSSR count). The number of rotatable bonds is 12. The van der Waals surface area contributed by atoms with Crippen LogP contribution >= 0.6 is 0 Å². The second kappa shape index (κ2) is 13.7. The topological polar surface area (TPSA) is 29.5 Å². The van der Waals surface area contributed by atoms with E-state index in [0.717, 1.165) is 25.7 Å². The predicted octanol–water partition coefficient (Wildman–Crippen LogP) is 6.71. The minimum Gasteiger partial charge on any atom is -0.444 e. The number of hydrogen-bond acceptors (Lipinski definition) is 2. The van der Waals surface area contributed by atoms with Crippen molar-refractivity contribution in [2.24, 2.45) is 0 Å². The Labute approximate surface area is 163 Å². The van der Waals surface area contributed by atoms with Crippen LogP contribution in [0.25, 0.3) is 0 Å². The average Bonchev–Trinajstić information content (AvgIpc) is 2.52. The van der Waals surface area contributed by atoms with E-state index in [9.17, 15) is 18.0 Å². The second-order valence-corrected chi connectivity index (χ2v) is 7.88. The standard InChI is InChI=1S/C21H36F3NO2/c1-5-6-7-8-9-10-11-12-13-14-17-25(18-15-16-21(22,23)24)19(26)27-20(2,3)4/h5-14,17-18H2,1-4H3. The van der Waals surface area contributed by atoms with Crippen LogP contribution in [-0.4, -0.2) is 35.9 Å². The smallest absolute Gasteiger partial charge is 0.444 e. The number of carbonyl (C=O) groups excluding carboxylic acids is 1. The normalized spacial score (nSPS) is 11.7. The largest absolute Gasteiger partial charge is 0.457 e. The van der Waals surface area contributed by atoms with Gasteiger partial charge in [0, 0.05) is 12.5 Å². The maximum absolute atomic E-state index is 12.2. The van der Waals surface area contributed by atoms with Crippen molar-refractivity contribution < 1.29 is 22.7 Å². The molecule has 3 nitrogen and oxygen atoms in total. The van der Waals surface area contributed by atoms with Crippen LogP contribution in [0.4, 0.5) is 18.0 Å². The maximum atomic E-state index is 12.2. The summed E-state index contributed by atoms with van der Waals surface area (Å²) in [6.07, 6.45) is 6.39. The highest BCUT2D eigenvalue weighted by molar-refractivity contribution is 5.68. The molecule has 27 heavy (non-hydrogen) atoms. The minimum atomic E-state index is -4.54. The minimum absolute atomic E-state index is 0.272. The maximum Gasteiger partial charge on any atom is 0.457 e. The fourth-order valence-electron chi connectivity index (χ4n) is 2.59. The molecule has 0 atom stereocenters. The zero-order valence-electron chi connectivity index (χ0n) is 17.4. The van der Waals surface area contributed by atoms with Gasteiger partial charge in [-0.25, -0.2) is 4.79 Å². The summed E-state index contributed by atoms with van der Waals surface area (Å²) in [6, 6.07) is 0. The third-order valence-corrected chi connectivity index (χ3v) is 3.93. The summed E-state index contributed by atoms with van der Waals surface area (Å²) in [5.41, 5.74) is -0.690. The molecule has 0 unspecified atom stereocenters. The Morgan fingerprint density at radius 3 is 1.81 bits per heavy atom. The first-order valence-corrected chi connectivity index (χ1v) is 10.1. The van der Waals surface area contributed by atoms with Gasteiger partial charge in [-0.1, -0.05) is 70.6 Å². The van der Waals surface area contributed by atoms with Gasteiger partial charge in [-0.2, -0.15) is 13.2 Å². The quantitative estimate of drug-likeness (QED) is 0.273.